The van der Waals surface area contributed by atoms with Gasteiger partial charge in [0.25, 0.3) is 0 Å². The second kappa shape index (κ2) is 15.7. The van der Waals surface area contributed by atoms with Crippen molar-refractivity contribution in [1.82, 2.24) is 0 Å². The van der Waals surface area contributed by atoms with Gasteiger partial charge in [-0.25, -0.2) is 0 Å². The molecule has 0 atom stereocenters. The molecule has 0 aliphatic carbocycles. The smallest absolute Gasteiger partial charge is 0.0195 e. The first-order valence-electron chi connectivity index (χ1n) is 2.01. The van der Waals surface area contributed by atoms with Crippen LogP contribution in [0.15, 0.2) is 0 Å². The molecule has 7 heavy (non-hydrogen) atoms. The van der Waals surface area contributed by atoms with E-state index in [0.717, 1.165) is 16.5 Å². The molecule has 0 saturated carbocycles. The summed E-state index contributed by atoms with van der Waals surface area (Å²) in [7, 11) is 0. The maximum Gasteiger partial charge on any atom is 0.0195 e. The highest BCUT2D eigenvalue weighted by atomic mass is 79.9. The van der Waals surface area contributed by atoms with Crippen LogP contribution >= 0.6 is 43.5 Å². The Kier molecular flexibility index (Phi) is 24.9. The van der Waals surface area contributed by atoms with Crippen molar-refractivity contribution in [1.29, 1.82) is 0 Å². The molecular formula is C4H9Br2Cl. The normalized spacial score (nSPS) is 6.86. The molecule has 0 rings (SSSR count). The van der Waals surface area contributed by atoms with E-state index in [0.29, 0.717) is 0 Å². The zero-order valence-electron chi connectivity index (χ0n) is 4.26. The van der Waals surface area contributed by atoms with Gasteiger partial charge >= 0.3 is 0 Å². The first kappa shape index (κ1) is 11.1. The molecule has 0 aliphatic rings. The lowest BCUT2D eigenvalue weighted by molar-refractivity contribution is 1.51. The first-order chi connectivity index (χ1) is 3.33. The molecule has 0 amide bonds. The van der Waals surface area contributed by atoms with E-state index in [-0.39, 0.29) is 0 Å². The van der Waals surface area contributed by atoms with Gasteiger partial charge in [0.05, 0.1) is 0 Å². The third-order valence-corrected chi connectivity index (χ3v) is 1.93. The zero-order valence-corrected chi connectivity index (χ0v) is 8.18. The quantitative estimate of drug-likeness (QED) is 0.629. The third kappa shape index (κ3) is 39.5. The average Bonchev–Trinajstić information content (AvgIpc) is 1.69. The van der Waals surface area contributed by atoms with Crippen LogP contribution in [0.4, 0.5) is 0 Å². The highest BCUT2D eigenvalue weighted by Gasteiger charge is 1.60. The lowest BCUT2D eigenvalue weighted by atomic mass is 11.0. The molecule has 0 saturated heterocycles. The van der Waals surface area contributed by atoms with Crippen molar-refractivity contribution in [3.05, 3.63) is 0 Å². The van der Waals surface area contributed by atoms with Crippen LogP contribution in [0, 0.1) is 0 Å². The zero-order chi connectivity index (χ0) is 6.12. The number of halogens is 3. The maximum atomic E-state index is 5.00. The van der Waals surface area contributed by atoms with Crippen molar-refractivity contribution in [2.45, 2.75) is 6.92 Å². The molecule has 0 heterocycles. The molecule has 0 aromatic heterocycles. The molecule has 0 aromatic rings. The average molecular weight is 252 g/mol. The Balaban J connectivity index is 0. The standard InChI is InChI=1S/C2H4Br2.C2H5Cl/c3-1-2-4;1-2-3/h1-2H2;2H2,1H3. The summed E-state index contributed by atoms with van der Waals surface area (Å²) in [5.41, 5.74) is 0. The van der Waals surface area contributed by atoms with Gasteiger partial charge < -0.3 is 0 Å². The minimum Gasteiger partial charge on any atom is -0.127 e. The molecule has 0 radical (unpaired) electrons. The largest absolute Gasteiger partial charge is 0.127 e. The number of hydrogen-bond donors (Lipinski definition) is 0. The van der Waals surface area contributed by atoms with Crippen LogP contribution in [0.2, 0.25) is 0 Å². The fourth-order valence-corrected chi connectivity index (χ4v) is 0. The first-order valence-corrected chi connectivity index (χ1v) is 4.79. The second-order valence-electron chi connectivity index (χ2n) is 0.645. The molecular weight excluding hydrogens is 243 g/mol. The Morgan fingerprint density at radius 1 is 1.29 bits per heavy atom. The Labute approximate surface area is 66.9 Å². The van der Waals surface area contributed by atoms with Crippen molar-refractivity contribution in [3.63, 3.8) is 0 Å². The predicted octanol–water partition coefficient (Wildman–Crippen LogP) is 3.02. The van der Waals surface area contributed by atoms with E-state index in [4.69, 9.17) is 11.6 Å². The van der Waals surface area contributed by atoms with E-state index in [1.165, 1.54) is 0 Å². The summed E-state index contributed by atoms with van der Waals surface area (Å²) in [5, 5.41) is 2.10. The lowest BCUT2D eigenvalue weighted by Gasteiger charge is -1.63. The van der Waals surface area contributed by atoms with Gasteiger partial charge in [0, 0.05) is 16.5 Å². The van der Waals surface area contributed by atoms with Gasteiger partial charge in [0.2, 0.25) is 0 Å². The van der Waals surface area contributed by atoms with Crippen molar-refractivity contribution < 1.29 is 0 Å². The van der Waals surface area contributed by atoms with E-state index in [1.54, 1.807) is 0 Å². The van der Waals surface area contributed by atoms with E-state index in [1.807, 2.05) is 6.92 Å². The van der Waals surface area contributed by atoms with Crippen LogP contribution in [0.5, 0.6) is 0 Å². The molecule has 3 heteroatoms. The minimum absolute atomic E-state index is 0.722. The van der Waals surface area contributed by atoms with Gasteiger partial charge in [-0.15, -0.1) is 11.6 Å². The van der Waals surface area contributed by atoms with Crippen molar-refractivity contribution in [3.8, 4) is 0 Å². The molecule has 0 aromatic carbocycles. The van der Waals surface area contributed by atoms with Gasteiger partial charge in [-0.3, -0.25) is 0 Å². The number of rotatable bonds is 1. The van der Waals surface area contributed by atoms with Gasteiger partial charge in [-0.2, -0.15) is 0 Å². The molecule has 0 N–H and O–H groups in total. The van der Waals surface area contributed by atoms with Crippen LogP contribution in [0.25, 0.3) is 0 Å². The van der Waals surface area contributed by atoms with Crippen LogP contribution < -0.4 is 0 Å². The second-order valence-corrected chi connectivity index (χ2v) is 2.77. The van der Waals surface area contributed by atoms with E-state index < -0.39 is 0 Å². The van der Waals surface area contributed by atoms with Crippen molar-refractivity contribution >= 4 is 43.5 Å². The molecule has 46 valence electrons. The number of hydrogen-bond acceptors (Lipinski definition) is 0. The topological polar surface area (TPSA) is 0 Å². The van der Waals surface area contributed by atoms with Crippen LogP contribution in [-0.4, -0.2) is 16.5 Å². The Bertz CT molecular complexity index is 17.2. The van der Waals surface area contributed by atoms with Crippen molar-refractivity contribution in [2.75, 3.05) is 16.5 Å². The molecule has 0 unspecified atom stereocenters. The van der Waals surface area contributed by atoms with Gasteiger partial charge in [-0.05, 0) is 0 Å². The summed E-state index contributed by atoms with van der Waals surface area (Å²) in [6.45, 7) is 1.89. The monoisotopic (exact) mass is 250 g/mol. The highest BCUT2D eigenvalue weighted by Crippen LogP contribution is 1.82. The van der Waals surface area contributed by atoms with E-state index in [9.17, 15) is 0 Å². The SMILES string of the molecule is BrCCBr.CCCl. The molecule has 0 aliphatic heterocycles. The van der Waals surface area contributed by atoms with Crippen LogP contribution in [-0.2, 0) is 0 Å². The Morgan fingerprint density at radius 2 is 1.43 bits per heavy atom. The predicted molar refractivity (Wildman–Crippen MR) is 44.0 cm³/mol. The Morgan fingerprint density at radius 3 is 1.43 bits per heavy atom. The maximum absolute atomic E-state index is 5.00. The molecule has 0 nitrogen and oxygen atoms in total. The summed E-state index contributed by atoms with van der Waals surface area (Å²) >= 11 is 11.4. The molecule has 0 bridgehead atoms. The fraction of sp³-hybridized carbons (Fsp3) is 1.00. The molecule has 0 spiro atoms. The lowest BCUT2D eigenvalue weighted by Crippen LogP contribution is -1.61. The third-order valence-electron chi connectivity index (χ3n) is 0.0714. The fourth-order valence-electron chi connectivity index (χ4n) is 0. The van der Waals surface area contributed by atoms with Gasteiger partial charge in [-0.1, -0.05) is 38.8 Å². The molecule has 0 fully saturated rings. The summed E-state index contributed by atoms with van der Waals surface area (Å²) in [5.74, 6) is 0.722. The minimum atomic E-state index is 0.722. The van der Waals surface area contributed by atoms with E-state index in [2.05, 4.69) is 31.9 Å². The van der Waals surface area contributed by atoms with E-state index >= 15 is 0 Å². The summed E-state index contributed by atoms with van der Waals surface area (Å²) in [4.78, 5) is 0. The van der Waals surface area contributed by atoms with Gasteiger partial charge in [0.15, 0.2) is 0 Å². The Hall–Kier alpha value is 1.25. The summed E-state index contributed by atoms with van der Waals surface area (Å²) < 4.78 is 0. The summed E-state index contributed by atoms with van der Waals surface area (Å²) in [6, 6.07) is 0. The van der Waals surface area contributed by atoms with Crippen LogP contribution in [0.1, 0.15) is 6.92 Å². The highest BCUT2D eigenvalue weighted by molar-refractivity contribution is 9.11. The number of alkyl halides is 3. The van der Waals surface area contributed by atoms with Crippen molar-refractivity contribution in [2.24, 2.45) is 0 Å². The summed E-state index contributed by atoms with van der Waals surface area (Å²) in [6.07, 6.45) is 0. The van der Waals surface area contributed by atoms with Gasteiger partial charge in [0.1, 0.15) is 0 Å². The van der Waals surface area contributed by atoms with Crippen LogP contribution in [0.3, 0.4) is 0 Å².